The van der Waals surface area contributed by atoms with E-state index in [4.69, 9.17) is 14.7 Å². The number of fused-ring (bicyclic) bond motifs is 1. The largest absolute Gasteiger partial charge is 0.486 e. The molecule has 2 rings (SSSR count). The van der Waals surface area contributed by atoms with Gasteiger partial charge in [-0.05, 0) is 25.1 Å². The highest BCUT2D eigenvalue weighted by Gasteiger charge is 2.12. The fraction of sp³-hybridized carbons (Fsp3) is 0.364. The van der Waals surface area contributed by atoms with Gasteiger partial charge in [0.2, 0.25) is 0 Å². The molecule has 0 fully saturated rings. The Balaban J connectivity index is 2.18. The van der Waals surface area contributed by atoms with Crippen molar-refractivity contribution in [1.82, 2.24) is 0 Å². The summed E-state index contributed by atoms with van der Waals surface area (Å²) in [4.78, 5) is 1.04. The van der Waals surface area contributed by atoms with Crippen molar-refractivity contribution in [2.75, 3.05) is 13.2 Å². The van der Waals surface area contributed by atoms with Crippen molar-refractivity contribution in [3.63, 3.8) is 0 Å². The monoisotopic (exact) mass is 221 g/mol. The Kier molecular flexibility index (Phi) is 3.02. The molecule has 0 saturated heterocycles. The van der Waals surface area contributed by atoms with Crippen molar-refractivity contribution in [3.05, 3.63) is 18.2 Å². The summed E-state index contributed by atoms with van der Waals surface area (Å²) >= 11 is 1.52. The van der Waals surface area contributed by atoms with Crippen LogP contribution in [0.25, 0.3) is 0 Å². The summed E-state index contributed by atoms with van der Waals surface area (Å²) in [5, 5.41) is 8.66. The topological polar surface area (TPSA) is 42.2 Å². The zero-order valence-corrected chi connectivity index (χ0v) is 9.21. The molecule has 0 N–H and O–H groups in total. The fourth-order valence-electron chi connectivity index (χ4n) is 1.33. The van der Waals surface area contributed by atoms with Crippen LogP contribution in [-0.4, -0.2) is 18.5 Å². The molecule has 1 atom stereocenters. The number of ether oxygens (including phenoxy) is 2. The van der Waals surface area contributed by atoms with Gasteiger partial charge in [0.25, 0.3) is 0 Å². The predicted molar refractivity (Wildman–Crippen MR) is 58.4 cm³/mol. The Morgan fingerprint density at radius 2 is 2.07 bits per heavy atom. The molecule has 0 aliphatic carbocycles. The molecule has 4 heteroatoms. The maximum absolute atomic E-state index is 8.71. The molecule has 3 nitrogen and oxygen atoms in total. The summed E-state index contributed by atoms with van der Waals surface area (Å²) in [6, 6.07) is 7.95. The van der Waals surface area contributed by atoms with Crippen LogP contribution in [0.4, 0.5) is 0 Å². The van der Waals surface area contributed by atoms with Crippen LogP contribution in [0, 0.1) is 11.3 Å². The second-order valence-corrected chi connectivity index (χ2v) is 4.61. The van der Waals surface area contributed by atoms with Gasteiger partial charge in [-0.15, -0.1) is 11.8 Å². The van der Waals surface area contributed by atoms with Gasteiger partial charge in [-0.25, -0.2) is 0 Å². The van der Waals surface area contributed by atoms with E-state index >= 15 is 0 Å². The molecule has 15 heavy (non-hydrogen) atoms. The standard InChI is InChI=1S/C11H11NO2S/c1-8(7-12)15-9-2-3-10-11(6-9)14-5-4-13-10/h2-3,6,8H,4-5H2,1H3/t8-/m1/s1. The molecular weight excluding hydrogens is 210 g/mol. The molecule has 1 aliphatic rings. The SMILES string of the molecule is C[C@H](C#N)Sc1ccc2c(c1)OCCO2. The van der Waals surface area contributed by atoms with E-state index in [0.717, 1.165) is 16.4 Å². The summed E-state index contributed by atoms with van der Waals surface area (Å²) in [6.07, 6.45) is 0. The number of hydrogen-bond acceptors (Lipinski definition) is 4. The second kappa shape index (κ2) is 4.45. The summed E-state index contributed by atoms with van der Waals surface area (Å²) in [5.41, 5.74) is 0. The number of thioether (sulfide) groups is 1. The summed E-state index contributed by atoms with van der Waals surface area (Å²) in [6.45, 7) is 3.07. The first-order chi connectivity index (χ1) is 7.29. The van der Waals surface area contributed by atoms with Gasteiger partial charge in [0.05, 0.1) is 11.3 Å². The zero-order chi connectivity index (χ0) is 10.7. The van der Waals surface area contributed by atoms with Crippen molar-refractivity contribution in [3.8, 4) is 17.6 Å². The lowest BCUT2D eigenvalue weighted by molar-refractivity contribution is 0.171. The lowest BCUT2D eigenvalue weighted by Gasteiger charge is -2.18. The van der Waals surface area contributed by atoms with Gasteiger partial charge < -0.3 is 9.47 Å². The first-order valence-electron chi connectivity index (χ1n) is 4.75. The van der Waals surface area contributed by atoms with Gasteiger partial charge in [0.1, 0.15) is 13.2 Å². The molecule has 1 aromatic rings. The molecule has 0 amide bonds. The lowest BCUT2D eigenvalue weighted by atomic mass is 10.3. The fourth-order valence-corrected chi connectivity index (χ4v) is 2.11. The Hall–Kier alpha value is -1.34. The van der Waals surface area contributed by atoms with Crippen LogP contribution in [0.1, 0.15) is 6.92 Å². The van der Waals surface area contributed by atoms with E-state index < -0.39 is 0 Å². The molecular formula is C11H11NO2S. The molecule has 0 radical (unpaired) electrons. The van der Waals surface area contributed by atoms with Crippen LogP contribution in [0.5, 0.6) is 11.5 Å². The van der Waals surface area contributed by atoms with E-state index in [1.807, 2.05) is 25.1 Å². The molecule has 0 unspecified atom stereocenters. The van der Waals surface area contributed by atoms with E-state index in [1.165, 1.54) is 11.8 Å². The number of nitriles is 1. The highest BCUT2D eigenvalue weighted by Crippen LogP contribution is 2.35. The smallest absolute Gasteiger partial charge is 0.162 e. The highest BCUT2D eigenvalue weighted by atomic mass is 32.2. The van der Waals surface area contributed by atoms with Crippen LogP contribution < -0.4 is 9.47 Å². The van der Waals surface area contributed by atoms with Gasteiger partial charge in [0, 0.05) is 4.90 Å². The van der Waals surface area contributed by atoms with Crippen LogP contribution in [0.3, 0.4) is 0 Å². The summed E-state index contributed by atoms with van der Waals surface area (Å²) < 4.78 is 10.9. The Bertz CT molecular complexity index is 400. The third kappa shape index (κ3) is 2.37. The molecule has 0 spiro atoms. The van der Waals surface area contributed by atoms with Crippen molar-refractivity contribution >= 4 is 11.8 Å². The molecule has 1 aliphatic heterocycles. The quantitative estimate of drug-likeness (QED) is 0.719. The zero-order valence-electron chi connectivity index (χ0n) is 8.40. The normalized spacial score (nSPS) is 15.5. The van der Waals surface area contributed by atoms with E-state index in [9.17, 15) is 0 Å². The predicted octanol–water partition coefficient (Wildman–Crippen LogP) is 2.46. The van der Waals surface area contributed by atoms with E-state index in [2.05, 4.69) is 6.07 Å². The van der Waals surface area contributed by atoms with Gasteiger partial charge >= 0.3 is 0 Å². The average Bonchev–Trinajstić information content (AvgIpc) is 2.29. The van der Waals surface area contributed by atoms with Crippen molar-refractivity contribution < 1.29 is 9.47 Å². The third-order valence-corrected chi connectivity index (χ3v) is 2.99. The molecule has 0 aromatic heterocycles. The molecule has 1 heterocycles. The lowest BCUT2D eigenvalue weighted by Crippen LogP contribution is -2.15. The number of benzene rings is 1. The molecule has 0 bridgehead atoms. The Morgan fingerprint density at radius 3 is 2.80 bits per heavy atom. The van der Waals surface area contributed by atoms with Gasteiger partial charge in [-0.1, -0.05) is 0 Å². The van der Waals surface area contributed by atoms with Crippen LogP contribution in [0.2, 0.25) is 0 Å². The molecule has 1 aromatic carbocycles. The summed E-state index contributed by atoms with van der Waals surface area (Å²) in [5.74, 6) is 1.56. The molecule has 0 saturated carbocycles. The average molecular weight is 221 g/mol. The maximum Gasteiger partial charge on any atom is 0.162 e. The third-order valence-electron chi connectivity index (χ3n) is 2.01. The number of nitrogens with zero attached hydrogens (tertiary/aromatic N) is 1. The second-order valence-electron chi connectivity index (χ2n) is 3.19. The van der Waals surface area contributed by atoms with Crippen molar-refractivity contribution in [1.29, 1.82) is 5.26 Å². The van der Waals surface area contributed by atoms with E-state index in [0.29, 0.717) is 13.2 Å². The first kappa shape index (κ1) is 10.2. The van der Waals surface area contributed by atoms with Gasteiger partial charge in [-0.2, -0.15) is 5.26 Å². The minimum absolute atomic E-state index is 0.0486. The first-order valence-corrected chi connectivity index (χ1v) is 5.63. The van der Waals surface area contributed by atoms with Crippen LogP contribution >= 0.6 is 11.8 Å². The number of rotatable bonds is 2. The number of hydrogen-bond donors (Lipinski definition) is 0. The van der Waals surface area contributed by atoms with Crippen LogP contribution in [-0.2, 0) is 0 Å². The minimum Gasteiger partial charge on any atom is -0.486 e. The Morgan fingerprint density at radius 1 is 1.33 bits per heavy atom. The summed E-state index contributed by atoms with van der Waals surface area (Å²) in [7, 11) is 0. The van der Waals surface area contributed by atoms with Crippen molar-refractivity contribution in [2.45, 2.75) is 17.1 Å². The van der Waals surface area contributed by atoms with Crippen molar-refractivity contribution in [2.24, 2.45) is 0 Å². The highest BCUT2D eigenvalue weighted by molar-refractivity contribution is 8.00. The Labute approximate surface area is 93.0 Å². The maximum atomic E-state index is 8.71. The van der Waals surface area contributed by atoms with E-state index in [-0.39, 0.29) is 5.25 Å². The minimum atomic E-state index is -0.0486. The molecule has 78 valence electrons. The van der Waals surface area contributed by atoms with Gasteiger partial charge in [-0.3, -0.25) is 0 Å². The van der Waals surface area contributed by atoms with Crippen LogP contribution in [0.15, 0.2) is 23.1 Å². The van der Waals surface area contributed by atoms with Gasteiger partial charge in [0.15, 0.2) is 11.5 Å². The van der Waals surface area contributed by atoms with E-state index in [1.54, 1.807) is 0 Å².